The number of rotatable bonds is 1. The summed E-state index contributed by atoms with van der Waals surface area (Å²) in [5, 5.41) is 0. The molecule has 2 heterocycles. The highest BCUT2D eigenvalue weighted by molar-refractivity contribution is 5.57. The van der Waals surface area contributed by atoms with Gasteiger partial charge < -0.3 is 20.4 Å². The van der Waals surface area contributed by atoms with E-state index in [0.29, 0.717) is 19.9 Å². The van der Waals surface area contributed by atoms with Crippen molar-refractivity contribution in [3.63, 3.8) is 0 Å². The van der Waals surface area contributed by atoms with Gasteiger partial charge in [-0.05, 0) is 0 Å². The van der Waals surface area contributed by atoms with Gasteiger partial charge in [0, 0.05) is 25.4 Å². The lowest BCUT2D eigenvalue weighted by atomic mass is 10.2. The average molecular weight is 167 g/mol. The first-order valence-corrected chi connectivity index (χ1v) is 4.01. The number of hydrogen-bond donors (Lipinski definition) is 2. The van der Waals surface area contributed by atoms with Crippen LogP contribution in [-0.4, -0.2) is 18.8 Å². The largest absolute Gasteiger partial charge is 0.361 e. The number of fused-ring (bicyclic) bond motifs is 1. The third kappa shape index (κ3) is 1.00. The third-order valence-electron chi connectivity index (χ3n) is 2.14. The standard InChI is InChI=1S/C8H13N3O/c1-11-5-12-4-7-8(11)6(2-9)3-10-7/h3,10H,2,4-5,9H2,1H3. The first kappa shape index (κ1) is 7.64. The maximum atomic E-state index is 5.59. The van der Waals surface area contributed by atoms with E-state index < -0.39 is 0 Å². The van der Waals surface area contributed by atoms with Gasteiger partial charge in [0.05, 0.1) is 18.0 Å². The molecule has 0 amide bonds. The third-order valence-corrected chi connectivity index (χ3v) is 2.14. The quantitative estimate of drug-likeness (QED) is 0.636. The van der Waals surface area contributed by atoms with Gasteiger partial charge in [0.2, 0.25) is 0 Å². The number of aromatic nitrogens is 1. The van der Waals surface area contributed by atoms with E-state index in [0.717, 1.165) is 11.3 Å². The summed E-state index contributed by atoms with van der Waals surface area (Å²) in [4.78, 5) is 5.23. The molecule has 2 rings (SSSR count). The number of H-pyrrole nitrogens is 1. The normalized spacial score (nSPS) is 16.3. The first-order valence-electron chi connectivity index (χ1n) is 4.01. The Hall–Kier alpha value is -1.00. The molecular formula is C8H13N3O. The van der Waals surface area contributed by atoms with Gasteiger partial charge >= 0.3 is 0 Å². The summed E-state index contributed by atoms with van der Waals surface area (Å²) in [6, 6.07) is 0. The molecule has 0 saturated heterocycles. The van der Waals surface area contributed by atoms with E-state index in [1.54, 1.807) is 0 Å². The molecule has 66 valence electrons. The van der Waals surface area contributed by atoms with E-state index in [-0.39, 0.29) is 0 Å². The summed E-state index contributed by atoms with van der Waals surface area (Å²) < 4.78 is 5.32. The van der Waals surface area contributed by atoms with Gasteiger partial charge in [-0.15, -0.1) is 0 Å². The van der Waals surface area contributed by atoms with Gasteiger partial charge in [-0.1, -0.05) is 0 Å². The number of ether oxygens (including phenoxy) is 1. The molecule has 12 heavy (non-hydrogen) atoms. The zero-order chi connectivity index (χ0) is 8.55. The lowest BCUT2D eigenvalue weighted by Crippen LogP contribution is -2.27. The molecule has 1 aromatic heterocycles. The van der Waals surface area contributed by atoms with Crippen LogP contribution in [0.2, 0.25) is 0 Å². The van der Waals surface area contributed by atoms with Crippen LogP contribution < -0.4 is 10.6 Å². The number of aromatic amines is 1. The topological polar surface area (TPSA) is 54.3 Å². The Balaban J connectivity index is 2.43. The van der Waals surface area contributed by atoms with Gasteiger partial charge in [-0.25, -0.2) is 0 Å². The van der Waals surface area contributed by atoms with Crippen LogP contribution in [0, 0.1) is 0 Å². The van der Waals surface area contributed by atoms with Crippen molar-refractivity contribution >= 4 is 5.69 Å². The highest BCUT2D eigenvalue weighted by Gasteiger charge is 2.18. The maximum Gasteiger partial charge on any atom is 0.119 e. The molecule has 0 aromatic carbocycles. The van der Waals surface area contributed by atoms with Crippen molar-refractivity contribution < 1.29 is 4.74 Å². The predicted molar refractivity (Wildman–Crippen MR) is 46.7 cm³/mol. The molecule has 0 aliphatic carbocycles. The fraction of sp³-hybridized carbons (Fsp3) is 0.500. The minimum absolute atomic E-state index is 0.580. The summed E-state index contributed by atoms with van der Waals surface area (Å²) in [7, 11) is 2.00. The van der Waals surface area contributed by atoms with E-state index in [1.807, 2.05) is 13.2 Å². The molecule has 0 saturated carbocycles. The predicted octanol–water partition coefficient (Wildman–Crippen LogP) is 0.397. The molecule has 0 atom stereocenters. The Bertz CT molecular complexity index is 268. The number of nitrogens with two attached hydrogens (primary N) is 1. The highest BCUT2D eigenvalue weighted by atomic mass is 16.5. The second kappa shape index (κ2) is 2.80. The average Bonchev–Trinajstić information content (AvgIpc) is 2.49. The van der Waals surface area contributed by atoms with E-state index in [4.69, 9.17) is 10.5 Å². The van der Waals surface area contributed by atoms with Crippen molar-refractivity contribution in [2.24, 2.45) is 5.73 Å². The molecule has 1 aliphatic rings. The molecule has 4 heteroatoms. The van der Waals surface area contributed by atoms with Gasteiger partial charge in [0.1, 0.15) is 6.73 Å². The van der Waals surface area contributed by atoms with Crippen molar-refractivity contribution in [3.05, 3.63) is 17.5 Å². The Morgan fingerprint density at radius 1 is 1.75 bits per heavy atom. The smallest absolute Gasteiger partial charge is 0.119 e. The Morgan fingerprint density at radius 2 is 2.58 bits per heavy atom. The summed E-state index contributed by atoms with van der Waals surface area (Å²) in [5.74, 6) is 0. The van der Waals surface area contributed by atoms with Gasteiger partial charge in [0.25, 0.3) is 0 Å². The molecule has 1 aliphatic heterocycles. The van der Waals surface area contributed by atoms with E-state index in [9.17, 15) is 0 Å². The van der Waals surface area contributed by atoms with Crippen molar-refractivity contribution in [1.29, 1.82) is 0 Å². The van der Waals surface area contributed by atoms with E-state index in [2.05, 4.69) is 9.88 Å². The van der Waals surface area contributed by atoms with Crippen LogP contribution in [-0.2, 0) is 17.9 Å². The number of anilines is 1. The molecule has 0 bridgehead atoms. The molecule has 0 unspecified atom stereocenters. The van der Waals surface area contributed by atoms with Crippen LogP contribution in [0.25, 0.3) is 0 Å². The molecule has 0 fully saturated rings. The molecule has 1 aromatic rings. The maximum absolute atomic E-state index is 5.59. The summed E-state index contributed by atoms with van der Waals surface area (Å²) in [6.07, 6.45) is 1.95. The minimum Gasteiger partial charge on any atom is -0.361 e. The number of hydrogen-bond acceptors (Lipinski definition) is 3. The molecule has 0 spiro atoms. The number of nitrogens with zero attached hydrogens (tertiary/aromatic N) is 1. The van der Waals surface area contributed by atoms with Gasteiger partial charge in [0.15, 0.2) is 0 Å². The van der Waals surface area contributed by atoms with E-state index in [1.165, 1.54) is 5.69 Å². The first-order chi connectivity index (χ1) is 5.83. The fourth-order valence-corrected chi connectivity index (χ4v) is 1.60. The molecular weight excluding hydrogens is 154 g/mol. The number of nitrogens with one attached hydrogen (secondary N) is 1. The van der Waals surface area contributed by atoms with Crippen molar-refractivity contribution in [2.75, 3.05) is 18.7 Å². The Kier molecular flexibility index (Phi) is 1.78. The van der Waals surface area contributed by atoms with Crippen LogP contribution in [0.1, 0.15) is 11.3 Å². The van der Waals surface area contributed by atoms with Crippen LogP contribution in [0.5, 0.6) is 0 Å². The van der Waals surface area contributed by atoms with Gasteiger partial charge in [-0.3, -0.25) is 0 Å². The van der Waals surface area contributed by atoms with Crippen molar-refractivity contribution in [1.82, 2.24) is 4.98 Å². The summed E-state index contributed by atoms with van der Waals surface area (Å²) in [6.45, 7) is 1.90. The minimum atomic E-state index is 0.580. The van der Waals surface area contributed by atoms with Crippen LogP contribution in [0.3, 0.4) is 0 Å². The zero-order valence-electron chi connectivity index (χ0n) is 7.13. The van der Waals surface area contributed by atoms with Crippen LogP contribution in [0.15, 0.2) is 6.20 Å². The lowest BCUT2D eigenvalue weighted by Gasteiger charge is -2.25. The Labute approximate surface area is 71.3 Å². The summed E-state index contributed by atoms with van der Waals surface area (Å²) in [5.41, 5.74) is 9.10. The molecule has 0 radical (unpaired) electrons. The SMILES string of the molecule is CN1COCc2[nH]cc(CN)c21. The molecule has 4 nitrogen and oxygen atoms in total. The van der Waals surface area contributed by atoms with Crippen molar-refractivity contribution in [3.8, 4) is 0 Å². The lowest BCUT2D eigenvalue weighted by molar-refractivity contribution is 0.111. The van der Waals surface area contributed by atoms with Crippen molar-refractivity contribution in [2.45, 2.75) is 13.2 Å². The van der Waals surface area contributed by atoms with Crippen LogP contribution in [0.4, 0.5) is 5.69 Å². The van der Waals surface area contributed by atoms with E-state index >= 15 is 0 Å². The summed E-state index contributed by atoms with van der Waals surface area (Å²) >= 11 is 0. The van der Waals surface area contributed by atoms with Gasteiger partial charge in [-0.2, -0.15) is 0 Å². The Morgan fingerprint density at radius 3 is 3.33 bits per heavy atom. The highest BCUT2D eigenvalue weighted by Crippen LogP contribution is 2.27. The zero-order valence-corrected chi connectivity index (χ0v) is 7.13. The monoisotopic (exact) mass is 167 g/mol. The second-order valence-corrected chi connectivity index (χ2v) is 3.02. The van der Waals surface area contributed by atoms with Crippen LogP contribution >= 0.6 is 0 Å². The molecule has 3 N–H and O–H groups in total. The fourth-order valence-electron chi connectivity index (χ4n) is 1.60. The second-order valence-electron chi connectivity index (χ2n) is 3.02.